The minimum atomic E-state index is -0.409. The average molecular weight is 335 g/mol. The first-order chi connectivity index (χ1) is 12.0. The van der Waals surface area contributed by atoms with Crippen molar-refractivity contribution in [3.05, 3.63) is 59.9 Å². The molecule has 0 spiro atoms. The van der Waals surface area contributed by atoms with E-state index >= 15 is 0 Å². The van der Waals surface area contributed by atoms with E-state index in [0.717, 1.165) is 22.3 Å². The fraction of sp³-hybridized carbons (Fsp3) is 0.211. The van der Waals surface area contributed by atoms with Crippen molar-refractivity contribution in [1.82, 2.24) is 15.2 Å². The van der Waals surface area contributed by atoms with Crippen LogP contribution in [0.25, 0.3) is 10.8 Å². The first-order valence-electron chi connectivity index (χ1n) is 8.11. The fourth-order valence-electron chi connectivity index (χ4n) is 2.60. The second-order valence-electron chi connectivity index (χ2n) is 6.01. The minimum Gasteiger partial charge on any atom is -0.374 e. The standard InChI is InChI=1S/C19H21N5O/c1-13-17(12-24(3)23-13)11-20-22-19(25)14(2)21-18-9-8-15-6-4-5-7-16(15)10-18/h4-12,14,21H,1-3H3,(H,22,25)/b20-11+. The van der Waals surface area contributed by atoms with Crippen molar-refractivity contribution in [2.45, 2.75) is 19.9 Å². The summed E-state index contributed by atoms with van der Waals surface area (Å²) >= 11 is 0. The third kappa shape index (κ3) is 4.03. The molecule has 6 heteroatoms. The van der Waals surface area contributed by atoms with Crippen molar-refractivity contribution < 1.29 is 4.79 Å². The lowest BCUT2D eigenvalue weighted by molar-refractivity contribution is -0.121. The van der Waals surface area contributed by atoms with Crippen molar-refractivity contribution in [1.29, 1.82) is 0 Å². The molecule has 0 saturated carbocycles. The third-order valence-electron chi connectivity index (χ3n) is 3.96. The van der Waals surface area contributed by atoms with Crippen molar-refractivity contribution >= 4 is 28.6 Å². The largest absolute Gasteiger partial charge is 0.374 e. The molecule has 1 amide bonds. The number of nitrogens with one attached hydrogen (secondary N) is 2. The summed E-state index contributed by atoms with van der Waals surface area (Å²) in [5.74, 6) is -0.203. The number of aromatic nitrogens is 2. The highest BCUT2D eigenvalue weighted by Crippen LogP contribution is 2.19. The Bertz CT molecular complexity index is 928. The summed E-state index contributed by atoms with van der Waals surface area (Å²) in [6.07, 6.45) is 3.45. The predicted molar refractivity (Wildman–Crippen MR) is 101 cm³/mol. The number of rotatable bonds is 5. The van der Waals surface area contributed by atoms with E-state index in [9.17, 15) is 4.79 Å². The van der Waals surface area contributed by atoms with Gasteiger partial charge in [0.15, 0.2) is 0 Å². The number of carbonyl (C=O) groups is 1. The van der Waals surface area contributed by atoms with Gasteiger partial charge in [0.25, 0.3) is 5.91 Å². The van der Waals surface area contributed by atoms with Crippen LogP contribution in [0, 0.1) is 6.92 Å². The quantitative estimate of drug-likeness (QED) is 0.556. The monoisotopic (exact) mass is 335 g/mol. The molecule has 25 heavy (non-hydrogen) atoms. The Morgan fingerprint density at radius 3 is 2.72 bits per heavy atom. The first-order valence-corrected chi connectivity index (χ1v) is 8.11. The average Bonchev–Trinajstić information content (AvgIpc) is 2.92. The molecular weight excluding hydrogens is 314 g/mol. The number of amides is 1. The van der Waals surface area contributed by atoms with Crippen molar-refractivity contribution in [2.75, 3.05) is 5.32 Å². The molecule has 0 aliphatic heterocycles. The molecule has 1 atom stereocenters. The Kier molecular flexibility index (Phi) is 4.79. The van der Waals surface area contributed by atoms with Crippen LogP contribution in [0.1, 0.15) is 18.2 Å². The summed E-state index contributed by atoms with van der Waals surface area (Å²) < 4.78 is 1.71. The maximum absolute atomic E-state index is 12.2. The summed E-state index contributed by atoms with van der Waals surface area (Å²) in [4.78, 5) is 12.2. The Balaban J connectivity index is 1.60. The zero-order chi connectivity index (χ0) is 17.8. The molecule has 0 aliphatic carbocycles. The van der Waals surface area contributed by atoms with E-state index in [1.54, 1.807) is 17.8 Å². The minimum absolute atomic E-state index is 0.203. The highest BCUT2D eigenvalue weighted by Gasteiger charge is 2.12. The number of benzene rings is 2. The maximum atomic E-state index is 12.2. The van der Waals surface area contributed by atoms with Gasteiger partial charge in [0.1, 0.15) is 6.04 Å². The van der Waals surface area contributed by atoms with Crippen LogP contribution in [-0.4, -0.2) is 27.9 Å². The van der Waals surface area contributed by atoms with E-state index < -0.39 is 6.04 Å². The van der Waals surface area contributed by atoms with Gasteiger partial charge in [0.05, 0.1) is 11.9 Å². The highest BCUT2D eigenvalue weighted by atomic mass is 16.2. The lowest BCUT2D eigenvalue weighted by atomic mass is 10.1. The lowest BCUT2D eigenvalue weighted by Gasteiger charge is -2.14. The lowest BCUT2D eigenvalue weighted by Crippen LogP contribution is -2.34. The molecule has 6 nitrogen and oxygen atoms in total. The van der Waals surface area contributed by atoms with Gasteiger partial charge in [-0.25, -0.2) is 5.43 Å². The van der Waals surface area contributed by atoms with Gasteiger partial charge in [-0.3, -0.25) is 9.48 Å². The Hall–Kier alpha value is -3.15. The SMILES string of the molecule is Cc1nn(C)cc1/C=N/NC(=O)C(C)Nc1ccc2ccccc2c1. The van der Waals surface area contributed by atoms with Crippen LogP contribution in [-0.2, 0) is 11.8 Å². The van der Waals surface area contributed by atoms with Crippen LogP contribution < -0.4 is 10.7 Å². The number of carbonyl (C=O) groups excluding carboxylic acids is 1. The topological polar surface area (TPSA) is 71.3 Å². The summed E-state index contributed by atoms with van der Waals surface area (Å²) in [6, 6.07) is 13.7. The number of hydrogen-bond donors (Lipinski definition) is 2. The highest BCUT2D eigenvalue weighted by molar-refractivity contribution is 5.89. The Morgan fingerprint density at radius 1 is 1.24 bits per heavy atom. The van der Waals surface area contributed by atoms with Gasteiger partial charge in [-0.05, 0) is 36.8 Å². The maximum Gasteiger partial charge on any atom is 0.262 e. The van der Waals surface area contributed by atoms with Gasteiger partial charge in [-0.2, -0.15) is 10.2 Å². The van der Waals surface area contributed by atoms with Gasteiger partial charge in [0, 0.05) is 24.5 Å². The second kappa shape index (κ2) is 7.17. The molecule has 0 bridgehead atoms. The Labute approximate surface area is 146 Å². The third-order valence-corrected chi connectivity index (χ3v) is 3.96. The van der Waals surface area contributed by atoms with Crippen molar-refractivity contribution in [3.63, 3.8) is 0 Å². The predicted octanol–water partition coefficient (Wildman–Crippen LogP) is 2.83. The molecule has 0 saturated heterocycles. The van der Waals surface area contributed by atoms with Crippen LogP contribution >= 0.6 is 0 Å². The van der Waals surface area contributed by atoms with E-state index in [0.29, 0.717) is 0 Å². The molecule has 0 fully saturated rings. The normalized spacial score (nSPS) is 12.4. The molecule has 0 radical (unpaired) electrons. The Morgan fingerprint density at radius 2 is 2.00 bits per heavy atom. The molecule has 128 valence electrons. The summed E-state index contributed by atoms with van der Waals surface area (Å²) in [7, 11) is 1.85. The number of hydrogen-bond acceptors (Lipinski definition) is 4. The molecule has 1 heterocycles. The van der Waals surface area contributed by atoms with E-state index in [1.165, 1.54) is 5.39 Å². The summed E-state index contributed by atoms with van der Waals surface area (Å²) in [6.45, 7) is 3.70. The van der Waals surface area contributed by atoms with Gasteiger partial charge >= 0.3 is 0 Å². The van der Waals surface area contributed by atoms with Crippen LogP contribution in [0.2, 0.25) is 0 Å². The molecular formula is C19H21N5O. The van der Waals surface area contributed by atoms with Gasteiger partial charge in [0.2, 0.25) is 0 Å². The van der Waals surface area contributed by atoms with Crippen LogP contribution in [0.5, 0.6) is 0 Å². The molecule has 2 aromatic carbocycles. The number of nitrogens with zero attached hydrogens (tertiary/aromatic N) is 3. The summed E-state index contributed by atoms with van der Waals surface area (Å²) in [5, 5.41) is 13.7. The number of fused-ring (bicyclic) bond motifs is 1. The van der Waals surface area contributed by atoms with Crippen LogP contribution in [0.15, 0.2) is 53.8 Å². The molecule has 3 rings (SSSR count). The van der Waals surface area contributed by atoms with E-state index in [4.69, 9.17) is 0 Å². The molecule has 1 unspecified atom stereocenters. The molecule has 3 aromatic rings. The smallest absolute Gasteiger partial charge is 0.262 e. The molecule has 2 N–H and O–H groups in total. The number of aryl methyl sites for hydroxylation is 2. The van der Waals surface area contributed by atoms with E-state index in [-0.39, 0.29) is 5.91 Å². The second-order valence-corrected chi connectivity index (χ2v) is 6.01. The van der Waals surface area contributed by atoms with Gasteiger partial charge in [-0.15, -0.1) is 0 Å². The van der Waals surface area contributed by atoms with E-state index in [2.05, 4.69) is 27.0 Å². The van der Waals surface area contributed by atoms with Gasteiger partial charge in [-0.1, -0.05) is 30.3 Å². The zero-order valence-corrected chi connectivity index (χ0v) is 14.5. The number of hydrazone groups is 1. The van der Waals surface area contributed by atoms with Crippen molar-refractivity contribution in [3.8, 4) is 0 Å². The summed E-state index contributed by atoms with van der Waals surface area (Å²) in [5.41, 5.74) is 5.19. The van der Waals surface area contributed by atoms with Crippen molar-refractivity contribution in [2.24, 2.45) is 12.1 Å². The van der Waals surface area contributed by atoms with Crippen LogP contribution in [0.4, 0.5) is 5.69 Å². The van der Waals surface area contributed by atoms with Crippen LogP contribution in [0.3, 0.4) is 0 Å². The first kappa shape index (κ1) is 16.7. The fourth-order valence-corrected chi connectivity index (χ4v) is 2.60. The van der Waals surface area contributed by atoms with E-state index in [1.807, 2.05) is 56.6 Å². The zero-order valence-electron chi connectivity index (χ0n) is 14.5. The van der Waals surface area contributed by atoms with Gasteiger partial charge < -0.3 is 5.32 Å². The molecule has 0 aliphatic rings. The number of anilines is 1. The molecule has 1 aromatic heterocycles.